The van der Waals surface area contributed by atoms with Crippen molar-refractivity contribution in [2.75, 3.05) is 0 Å². The summed E-state index contributed by atoms with van der Waals surface area (Å²) in [6, 6.07) is 32.3. The normalized spacial score (nSPS) is 27.9. The number of aryl methyl sites for hydroxylation is 5. The van der Waals surface area contributed by atoms with E-state index in [4.69, 9.17) is 0 Å². The fourth-order valence-corrected chi connectivity index (χ4v) is 10.6. The van der Waals surface area contributed by atoms with Gasteiger partial charge in [-0.15, -0.1) is 0 Å². The summed E-state index contributed by atoms with van der Waals surface area (Å²) in [5, 5.41) is 0. The van der Waals surface area contributed by atoms with Crippen molar-refractivity contribution in [1.29, 1.82) is 0 Å². The molecule has 0 radical (unpaired) electrons. The molecule has 302 valence electrons. The molecular formula is C56H78. The van der Waals surface area contributed by atoms with Crippen LogP contribution in [0.25, 0.3) is 11.1 Å². The van der Waals surface area contributed by atoms with Crippen LogP contribution in [0.1, 0.15) is 186 Å². The highest BCUT2D eigenvalue weighted by Crippen LogP contribution is 2.44. The molecule has 0 heterocycles. The Balaban J connectivity index is 0.000000146. The van der Waals surface area contributed by atoms with E-state index in [2.05, 4.69) is 140 Å². The third-order valence-electron chi connectivity index (χ3n) is 15.3. The Morgan fingerprint density at radius 2 is 0.643 bits per heavy atom. The molecule has 4 aliphatic rings. The third kappa shape index (κ3) is 12.0. The average Bonchev–Trinajstić information content (AvgIpc) is 3.22. The van der Waals surface area contributed by atoms with Crippen molar-refractivity contribution < 1.29 is 0 Å². The van der Waals surface area contributed by atoms with E-state index in [-0.39, 0.29) is 0 Å². The summed E-state index contributed by atoms with van der Waals surface area (Å²) < 4.78 is 0. The van der Waals surface area contributed by atoms with Crippen molar-refractivity contribution >= 4 is 0 Å². The molecule has 0 bridgehead atoms. The highest BCUT2D eigenvalue weighted by atomic mass is 14.4. The summed E-state index contributed by atoms with van der Waals surface area (Å²) in [5.41, 5.74) is 14.4. The van der Waals surface area contributed by atoms with Crippen molar-refractivity contribution in [3.63, 3.8) is 0 Å². The molecule has 4 fully saturated rings. The molecular weight excluding hydrogens is 673 g/mol. The highest BCUT2D eigenvalue weighted by Gasteiger charge is 2.30. The lowest BCUT2D eigenvalue weighted by atomic mass is 9.68. The molecule has 0 aromatic heterocycles. The molecule has 0 aliphatic heterocycles. The van der Waals surface area contributed by atoms with Gasteiger partial charge in [0.1, 0.15) is 0 Å². The average molecular weight is 751 g/mol. The van der Waals surface area contributed by atoms with E-state index >= 15 is 0 Å². The van der Waals surface area contributed by atoms with E-state index in [1.54, 1.807) is 11.1 Å². The molecule has 0 spiro atoms. The van der Waals surface area contributed by atoms with E-state index < -0.39 is 0 Å². The van der Waals surface area contributed by atoms with Crippen molar-refractivity contribution in [3.05, 3.63) is 129 Å². The molecule has 0 saturated heterocycles. The SMILES string of the molecule is Cc1ccc(-c2ccc(C3CCC(C)CC3)cc2)cc1C.Cc1ccc(C2CCC(C)CC2)cc1.Cc1ccc(C2CCC(C3CCC(C)CC3)CC2)cc1C. The Morgan fingerprint density at radius 1 is 0.304 bits per heavy atom. The lowest BCUT2D eigenvalue weighted by molar-refractivity contribution is 0.165. The smallest absolute Gasteiger partial charge is 0.0162 e. The number of rotatable bonds is 5. The zero-order chi connectivity index (χ0) is 39.6. The first-order valence-corrected chi connectivity index (χ1v) is 23.3. The van der Waals surface area contributed by atoms with Crippen LogP contribution in [0, 0.1) is 64.2 Å². The van der Waals surface area contributed by atoms with Crippen LogP contribution in [0.15, 0.2) is 84.9 Å². The number of benzene rings is 4. The molecule has 0 nitrogen and oxygen atoms in total. The van der Waals surface area contributed by atoms with Gasteiger partial charge < -0.3 is 0 Å². The van der Waals surface area contributed by atoms with Gasteiger partial charge in [-0.05, 0) is 196 Å². The minimum absolute atomic E-state index is 0.787. The summed E-state index contributed by atoms with van der Waals surface area (Å²) in [6.07, 6.45) is 23.0. The van der Waals surface area contributed by atoms with Gasteiger partial charge in [0.25, 0.3) is 0 Å². The largest absolute Gasteiger partial charge is 0.0625 e. The maximum Gasteiger partial charge on any atom is -0.0162 e. The van der Waals surface area contributed by atoms with Crippen molar-refractivity contribution in [2.24, 2.45) is 29.6 Å². The first kappa shape index (κ1) is 42.5. The van der Waals surface area contributed by atoms with E-state index in [1.165, 1.54) is 147 Å². The van der Waals surface area contributed by atoms with Gasteiger partial charge >= 0.3 is 0 Å². The topological polar surface area (TPSA) is 0 Å². The fraction of sp³-hybridized carbons (Fsp3) is 0.571. The van der Waals surface area contributed by atoms with Crippen LogP contribution in [0.5, 0.6) is 0 Å². The van der Waals surface area contributed by atoms with Gasteiger partial charge in [0.05, 0.1) is 0 Å². The molecule has 4 aliphatic carbocycles. The maximum atomic E-state index is 2.45. The van der Waals surface area contributed by atoms with Crippen LogP contribution in [-0.2, 0) is 0 Å². The monoisotopic (exact) mass is 751 g/mol. The predicted octanol–water partition coefficient (Wildman–Crippen LogP) is 17.0. The fourth-order valence-electron chi connectivity index (χ4n) is 10.6. The number of hydrogen-bond acceptors (Lipinski definition) is 0. The molecule has 0 N–H and O–H groups in total. The van der Waals surface area contributed by atoms with Gasteiger partial charge in [-0.2, -0.15) is 0 Å². The summed E-state index contributed by atoms with van der Waals surface area (Å²) in [5.74, 6) is 7.44. The van der Waals surface area contributed by atoms with Gasteiger partial charge in [-0.3, -0.25) is 0 Å². The van der Waals surface area contributed by atoms with E-state index in [0.717, 1.165) is 47.3 Å². The van der Waals surface area contributed by atoms with Crippen LogP contribution in [0.4, 0.5) is 0 Å². The van der Waals surface area contributed by atoms with Crippen molar-refractivity contribution in [2.45, 2.75) is 176 Å². The minimum Gasteiger partial charge on any atom is -0.0625 e. The molecule has 4 saturated carbocycles. The van der Waals surface area contributed by atoms with E-state index in [1.807, 2.05) is 0 Å². The van der Waals surface area contributed by atoms with Gasteiger partial charge in [-0.25, -0.2) is 0 Å². The summed E-state index contributed by atoms with van der Waals surface area (Å²) in [7, 11) is 0. The molecule has 0 unspecified atom stereocenters. The zero-order valence-corrected chi connectivity index (χ0v) is 37.0. The van der Waals surface area contributed by atoms with Crippen LogP contribution < -0.4 is 0 Å². The molecule has 0 heteroatoms. The third-order valence-corrected chi connectivity index (χ3v) is 15.3. The number of hydrogen-bond donors (Lipinski definition) is 0. The standard InChI is InChI=1S/C21H32.C21H26.C14H20/c2*1-15-4-7-18(8-5-15)19-10-12-20(13-11-19)21-9-6-16(2)17(3)14-21;1-11-3-7-13(8-4-11)14-9-5-12(2)6-10-14/h6,9,14-15,18-20H,4-5,7-8,10-13H2,1-3H3;6,9-15,18H,4-5,7-8H2,1-3H3;3-4,7-8,12,14H,5-6,9-10H2,1-2H3. The summed E-state index contributed by atoms with van der Waals surface area (Å²) >= 11 is 0. The van der Waals surface area contributed by atoms with Crippen LogP contribution >= 0.6 is 0 Å². The Kier molecular flexibility index (Phi) is 15.6. The second kappa shape index (κ2) is 20.5. The summed E-state index contributed by atoms with van der Waals surface area (Å²) in [6.45, 7) is 18.2. The van der Waals surface area contributed by atoms with Gasteiger partial charge in [-0.1, -0.05) is 150 Å². The van der Waals surface area contributed by atoms with E-state index in [9.17, 15) is 0 Å². The lowest BCUT2D eigenvalue weighted by Gasteiger charge is -2.37. The molecule has 4 aromatic rings. The lowest BCUT2D eigenvalue weighted by Crippen LogP contribution is -2.24. The van der Waals surface area contributed by atoms with Crippen molar-refractivity contribution in [1.82, 2.24) is 0 Å². The second-order valence-corrected chi connectivity index (χ2v) is 19.7. The molecule has 56 heavy (non-hydrogen) atoms. The van der Waals surface area contributed by atoms with Crippen LogP contribution in [0.2, 0.25) is 0 Å². The minimum atomic E-state index is 0.787. The van der Waals surface area contributed by atoms with Gasteiger partial charge in [0, 0.05) is 0 Å². The maximum absolute atomic E-state index is 2.45. The Hall–Kier alpha value is -3.12. The highest BCUT2D eigenvalue weighted by molar-refractivity contribution is 5.65. The van der Waals surface area contributed by atoms with Gasteiger partial charge in [0.15, 0.2) is 0 Å². The van der Waals surface area contributed by atoms with Crippen LogP contribution in [-0.4, -0.2) is 0 Å². The first-order chi connectivity index (χ1) is 27.0. The van der Waals surface area contributed by atoms with E-state index in [0.29, 0.717) is 0 Å². The van der Waals surface area contributed by atoms with Crippen LogP contribution in [0.3, 0.4) is 0 Å². The second-order valence-electron chi connectivity index (χ2n) is 19.7. The zero-order valence-electron chi connectivity index (χ0n) is 37.0. The molecule has 0 amide bonds. The molecule has 4 aromatic carbocycles. The molecule has 8 rings (SSSR count). The summed E-state index contributed by atoms with van der Waals surface area (Å²) in [4.78, 5) is 0. The Bertz CT molecular complexity index is 1740. The Labute approximate surface area is 344 Å². The first-order valence-electron chi connectivity index (χ1n) is 23.3. The molecule has 0 atom stereocenters. The Morgan fingerprint density at radius 3 is 1.11 bits per heavy atom. The predicted molar refractivity (Wildman–Crippen MR) is 245 cm³/mol. The van der Waals surface area contributed by atoms with Gasteiger partial charge in [0.2, 0.25) is 0 Å². The van der Waals surface area contributed by atoms with Crippen molar-refractivity contribution in [3.8, 4) is 11.1 Å². The quantitative estimate of drug-likeness (QED) is 0.191.